The van der Waals surface area contributed by atoms with Gasteiger partial charge in [-0.2, -0.15) is 0 Å². The monoisotopic (exact) mass is 239 g/mol. The van der Waals surface area contributed by atoms with Gasteiger partial charge in [-0.05, 0) is 12.1 Å². The summed E-state index contributed by atoms with van der Waals surface area (Å²) in [7, 11) is -1.55. The number of hydrogen-bond donors (Lipinski definition) is 0. The van der Waals surface area contributed by atoms with Gasteiger partial charge in [-0.25, -0.2) is 12.7 Å². The van der Waals surface area contributed by atoms with Gasteiger partial charge in [0.15, 0.2) is 0 Å². The van der Waals surface area contributed by atoms with Gasteiger partial charge >= 0.3 is 0 Å². The molecule has 0 unspecified atom stereocenters. The largest absolute Gasteiger partial charge is 0.213 e. The average molecular weight is 240 g/mol. The van der Waals surface area contributed by atoms with Gasteiger partial charge in [-0.1, -0.05) is 11.6 Å². The third-order valence-corrected chi connectivity index (χ3v) is 4.05. The van der Waals surface area contributed by atoms with Crippen molar-refractivity contribution in [1.29, 1.82) is 0 Å². The summed E-state index contributed by atoms with van der Waals surface area (Å²) in [6.07, 6.45) is 1.18. The number of thiophene rings is 1. The number of halogens is 1. The molecule has 0 spiro atoms. The first-order chi connectivity index (χ1) is 5.89. The maximum absolute atomic E-state index is 11.0. The molecule has 0 fully saturated rings. The number of nitrogens with zero attached hydrogens (tertiary/aromatic N) is 1. The second-order valence-corrected chi connectivity index (χ2v) is 6.61. The quantitative estimate of drug-likeness (QED) is 0.807. The van der Waals surface area contributed by atoms with Crippen LogP contribution in [0.1, 0.15) is 4.88 Å². The van der Waals surface area contributed by atoms with Gasteiger partial charge in [0.05, 0.1) is 10.6 Å². The SMILES string of the molecule is CN(Cc1ccc(Cl)s1)S(C)(=O)=O. The minimum absolute atomic E-state index is 0.385. The summed E-state index contributed by atoms with van der Waals surface area (Å²) in [4.78, 5) is 0.943. The molecule has 0 aliphatic carbocycles. The Morgan fingerprint density at radius 3 is 2.54 bits per heavy atom. The first-order valence-electron chi connectivity index (χ1n) is 3.55. The van der Waals surface area contributed by atoms with Crippen molar-refractivity contribution < 1.29 is 8.42 Å². The zero-order valence-electron chi connectivity index (χ0n) is 7.32. The second-order valence-electron chi connectivity index (χ2n) is 2.72. The summed E-state index contributed by atoms with van der Waals surface area (Å²) in [5.41, 5.74) is 0. The fraction of sp³-hybridized carbons (Fsp3) is 0.429. The Morgan fingerprint density at radius 1 is 1.54 bits per heavy atom. The summed E-state index contributed by atoms with van der Waals surface area (Å²) < 4.78 is 24.0. The van der Waals surface area contributed by atoms with Gasteiger partial charge in [0, 0.05) is 18.5 Å². The van der Waals surface area contributed by atoms with Crippen LogP contribution < -0.4 is 0 Å². The molecule has 0 bridgehead atoms. The van der Waals surface area contributed by atoms with E-state index in [1.807, 2.05) is 6.07 Å². The van der Waals surface area contributed by atoms with Crippen molar-refractivity contribution in [1.82, 2.24) is 4.31 Å². The van der Waals surface area contributed by atoms with Crippen LogP contribution in [0.3, 0.4) is 0 Å². The van der Waals surface area contributed by atoms with E-state index in [4.69, 9.17) is 11.6 Å². The molecule has 1 aromatic heterocycles. The summed E-state index contributed by atoms with van der Waals surface area (Å²) in [5, 5.41) is 0. The molecule has 0 saturated carbocycles. The van der Waals surface area contributed by atoms with Crippen molar-refractivity contribution in [3.8, 4) is 0 Å². The molecular formula is C7H10ClNO2S2. The molecule has 6 heteroatoms. The van der Waals surface area contributed by atoms with Crippen molar-refractivity contribution in [3.05, 3.63) is 21.3 Å². The first kappa shape index (κ1) is 11.0. The fourth-order valence-corrected chi connectivity index (χ4v) is 2.37. The average Bonchev–Trinajstić information content (AvgIpc) is 2.33. The van der Waals surface area contributed by atoms with Crippen molar-refractivity contribution >= 4 is 33.0 Å². The molecule has 0 N–H and O–H groups in total. The van der Waals surface area contributed by atoms with E-state index >= 15 is 0 Å². The Labute approximate surface area is 87.0 Å². The van der Waals surface area contributed by atoms with Crippen molar-refractivity contribution in [2.45, 2.75) is 6.54 Å². The topological polar surface area (TPSA) is 37.4 Å². The highest BCUT2D eigenvalue weighted by Crippen LogP contribution is 2.22. The van der Waals surface area contributed by atoms with Crippen LogP contribution >= 0.6 is 22.9 Å². The van der Waals surface area contributed by atoms with E-state index in [1.54, 1.807) is 13.1 Å². The number of sulfonamides is 1. The Balaban J connectivity index is 2.71. The minimum atomic E-state index is -3.09. The van der Waals surface area contributed by atoms with Gasteiger partial charge < -0.3 is 0 Å². The molecule has 0 radical (unpaired) electrons. The van der Waals surface area contributed by atoms with Gasteiger partial charge in [0.1, 0.15) is 0 Å². The molecule has 13 heavy (non-hydrogen) atoms. The van der Waals surface area contributed by atoms with Crippen LogP contribution in [0.25, 0.3) is 0 Å². The van der Waals surface area contributed by atoms with Crippen LogP contribution in [0.15, 0.2) is 12.1 Å². The lowest BCUT2D eigenvalue weighted by Gasteiger charge is -2.11. The minimum Gasteiger partial charge on any atom is -0.213 e. The molecular weight excluding hydrogens is 230 g/mol. The lowest BCUT2D eigenvalue weighted by Crippen LogP contribution is -2.24. The van der Waals surface area contributed by atoms with Gasteiger partial charge in [0.2, 0.25) is 10.0 Å². The van der Waals surface area contributed by atoms with Gasteiger partial charge in [-0.3, -0.25) is 0 Å². The van der Waals surface area contributed by atoms with E-state index in [9.17, 15) is 8.42 Å². The Bertz CT molecular complexity index is 385. The van der Waals surface area contributed by atoms with Crippen LogP contribution in [-0.2, 0) is 16.6 Å². The lowest BCUT2D eigenvalue weighted by atomic mass is 10.5. The lowest BCUT2D eigenvalue weighted by molar-refractivity contribution is 0.475. The van der Waals surface area contributed by atoms with E-state index < -0.39 is 10.0 Å². The molecule has 0 aliphatic rings. The molecule has 1 heterocycles. The number of hydrogen-bond acceptors (Lipinski definition) is 3. The molecule has 0 amide bonds. The summed E-state index contributed by atoms with van der Waals surface area (Å²) in [5.74, 6) is 0. The number of rotatable bonds is 3. The molecule has 0 aliphatic heterocycles. The first-order valence-corrected chi connectivity index (χ1v) is 6.59. The van der Waals surface area contributed by atoms with Gasteiger partial charge in [-0.15, -0.1) is 11.3 Å². The van der Waals surface area contributed by atoms with Crippen LogP contribution in [0, 0.1) is 0 Å². The van der Waals surface area contributed by atoms with E-state index in [0.29, 0.717) is 10.9 Å². The molecule has 74 valence electrons. The summed E-state index contributed by atoms with van der Waals surface area (Å²) in [6, 6.07) is 3.59. The Kier molecular flexibility index (Phi) is 3.34. The highest BCUT2D eigenvalue weighted by Gasteiger charge is 2.11. The Hall–Kier alpha value is -0.100. The van der Waals surface area contributed by atoms with E-state index in [0.717, 1.165) is 4.88 Å². The van der Waals surface area contributed by atoms with Crippen LogP contribution in [0.4, 0.5) is 0 Å². The predicted molar refractivity (Wildman–Crippen MR) is 55.6 cm³/mol. The standard InChI is InChI=1S/C7H10ClNO2S2/c1-9(13(2,10)11)5-6-3-4-7(8)12-6/h3-4H,5H2,1-2H3. The summed E-state index contributed by atoms with van der Waals surface area (Å²) >= 11 is 7.10. The normalized spacial score (nSPS) is 12.3. The molecule has 1 aromatic rings. The molecule has 0 saturated heterocycles. The highest BCUT2D eigenvalue weighted by atomic mass is 35.5. The fourth-order valence-electron chi connectivity index (χ4n) is 0.773. The van der Waals surface area contributed by atoms with Gasteiger partial charge in [0.25, 0.3) is 0 Å². The molecule has 0 atom stereocenters. The van der Waals surface area contributed by atoms with Crippen molar-refractivity contribution in [2.75, 3.05) is 13.3 Å². The van der Waals surface area contributed by atoms with E-state index in [2.05, 4.69) is 0 Å². The Morgan fingerprint density at radius 2 is 2.15 bits per heavy atom. The summed E-state index contributed by atoms with van der Waals surface area (Å²) in [6.45, 7) is 0.385. The molecule has 0 aromatic carbocycles. The van der Waals surface area contributed by atoms with Crippen LogP contribution in [0.5, 0.6) is 0 Å². The zero-order valence-corrected chi connectivity index (χ0v) is 9.71. The highest BCUT2D eigenvalue weighted by molar-refractivity contribution is 7.88. The smallest absolute Gasteiger partial charge is 0.211 e. The third-order valence-electron chi connectivity index (χ3n) is 1.57. The van der Waals surface area contributed by atoms with E-state index in [1.165, 1.54) is 21.9 Å². The second kappa shape index (κ2) is 3.96. The molecule has 1 rings (SSSR count). The van der Waals surface area contributed by atoms with Crippen molar-refractivity contribution in [2.24, 2.45) is 0 Å². The van der Waals surface area contributed by atoms with E-state index in [-0.39, 0.29) is 0 Å². The predicted octanol–water partition coefficient (Wildman–Crippen LogP) is 1.79. The molecule has 3 nitrogen and oxygen atoms in total. The maximum atomic E-state index is 11.0. The third kappa shape index (κ3) is 3.27. The van der Waals surface area contributed by atoms with Crippen LogP contribution in [-0.4, -0.2) is 26.0 Å². The van der Waals surface area contributed by atoms with Crippen molar-refractivity contribution in [3.63, 3.8) is 0 Å². The maximum Gasteiger partial charge on any atom is 0.211 e. The van der Waals surface area contributed by atoms with Crippen LogP contribution in [0.2, 0.25) is 4.34 Å². The zero-order chi connectivity index (χ0) is 10.1.